The van der Waals surface area contributed by atoms with E-state index in [-0.39, 0.29) is 0 Å². The second-order valence-corrected chi connectivity index (χ2v) is 4.46. The molecule has 3 heteroatoms. The van der Waals surface area contributed by atoms with Crippen LogP contribution < -0.4 is 5.73 Å². The molecular weight excluding hydrogens is 210 g/mol. The average molecular weight is 229 g/mol. The van der Waals surface area contributed by atoms with Gasteiger partial charge in [0.2, 0.25) is 0 Å². The molecule has 0 saturated heterocycles. The van der Waals surface area contributed by atoms with Gasteiger partial charge in [-0.3, -0.25) is 4.68 Å². The molecule has 2 rings (SSSR count). The van der Waals surface area contributed by atoms with Gasteiger partial charge in [-0.05, 0) is 32.4 Å². The number of nitrogen functional groups attached to an aromatic ring is 1. The predicted octanol–water partition coefficient (Wildman–Crippen LogP) is 3.16. The molecule has 0 aliphatic rings. The van der Waals surface area contributed by atoms with Crippen LogP contribution in [0.4, 0.5) is 5.69 Å². The van der Waals surface area contributed by atoms with Crippen LogP contribution in [0, 0.1) is 13.8 Å². The highest BCUT2D eigenvalue weighted by atomic mass is 15.3. The largest absolute Gasteiger partial charge is 0.398 e. The van der Waals surface area contributed by atoms with E-state index >= 15 is 0 Å². The third-order valence-corrected chi connectivity index (χ3v) is 3.04. The fourth-order valence-corrected chi connectivity index (χ4v) is 2.05. The van der Waals surface area contributed by atoms with E-state index in [4.69, 9.17) is 5.73 Å². The van der Waals surface area contributed by atoms with E-state index in [1.165, 1.54) is 11.3 Å². The normalized spacial score (nSPS) is 10.8. The maximum absolute atomic E-state index is 6.04. The molecule has 17 heavy (non-hydrogen) atoms. The molecule has 1 aromatic heterocycles. The number of nitrogens with zero attached hydrogens (tertiary/aromatic N) is 2. The first-order valence-electron chi connectivity index (χ1n) is 6.02. The Kier molecular flexibility index (Phi) is 3.18. The number of aromatic nitrogens is 2. The van der Waals surface area contributed by atoms with Crippen LogP contribution in [0.1, 0.15) is 24.6 Å². The maximum atomic E-state index is 6.04. The second-order valence-electron chi connectivity index (χ2n) is 4.46. The first kappa shape index (κ1) is 11.7. The summed E-state index contributed by atoms with van der Waals surface area (Å²) >= 11 is 0. The summed E-state index contributed by atoms with van der Waals surface area (Å²) in [6.45, 7) is 7.29. The Balaban J connectivity index is 2.49. The molecule has 0 atom stereocenters. The fourth-order valence-electron chi connectivity index (χ4n) is 2.05. The smallest absolute Gasteiger partial charge is 0.0571 e. The van der Waals surface area contributed by atoms with Gasteiger partial charge in [-0.2, -0.15) is 5.10 Å². The van der Waals surface area contributed by atoms with Crippen molar-refractivity contribution in [3.8, 4) is 11.1 Å². The molecule has 0 unspecified atom stereocenters. The van der Waals surface area contributed by atoms with Crippen molar-refractivity contribution in [2.24, 2.45) is 0 Å². The molecule has 0 fully saturated rings. The molecule has 1 heterocycles. The lowest BCUT2D eigenvalue weighted by Crippen LogP contribution is -2.01. The van der Waals surface area contributed by atoms with Gasteiger partial charge < -0.3 is 5.73 Å². The highest BCUT2D eigenvalue weighted by Gasteiger charge is 2.10. The van der Waals surface area contributed by atoms with Crippen molar-refractivity contribution >= 4 is 5.69 Å². The van der Waals surface area contributed by atoms with Gasteiger partial charge in [0.05, 0.1) is 6.20 Å². The summed E-state index contributed by atoms with van der Waals surface area (Å²) in [5.41, 5.74) is 11.5. The van der Waals surface area contributed by atoms with Crippen molar-refractivity contribution in [2.45, 2.75) is 33.7 Å². The Labute approximate surface area is 102 Å². The Morgan fingerprint density at radius 3 is 2.71 bits per heavy atom. The van der Waals surface area contributed by atoms with Crippen LogP contribution >= 0.6 is 0 Å². The average Bonchev–Trinajstić information content (AvgIpc) is 2.65. The molecule has 2 N–H and O–H groups in total. The molecule has 90 valence electrons. The van der Waals surface area contributed by atoms with E-state index in [9.17, 15) is 0 Å². The minimum atomic E-state index is 0.815. The van der Waals surface area contributed by atoms with E-state index in [2.05, 4.69) is 31.9 Å². The number of rotatable bonds is 3. The third-order valence-electron chi connectivity index (χ3n) is 3.04. The fraction of sp³-hybridized carbons (Fsp3) is 0.357. The topological polar surface area (TPSA) is 43.8 Å². The zero-order chi connectivity index (χ0) is 12.4. The second kappa shape index (κ2) is 4.62. The quantitative estimate of drug-likeness (QED) is 0.822. The van der Waals surface area contributed by atoms with Crippen molar-refractivity contribution in [3.63, 3.8) is 0 Å². The molecular formula is C14H19N3. The Morgan fingerprint density at radius 1 is 1.24 bits per heavy atom. The number of hydrogen-bond donors (Lipinski definition) is 1. The minimum Gasteiger partial charge on any atom is -0.398 e. The lowest BCUT2D eigenvalue weighted by molar-refractivity contribution is 0.587. The van der Waals surface area contributed by atoms with Crippen LogP contribution in [-0.4, -0.2) is 9.78 Å². The molecule has 1 aromatic carbocycles. The monoisotopic (exact) mass is 229 g/mol. The predicted molar refractivity (Wildman–Crippen MR) is 71.8 cm³/mol. The summed E-state index contributed by atoms with van der Waals surface area (Å²) in [5, 5.41) is 4.41. The van der Waals surface area contributed by atoms with E-state index in [0.29, 0.717) is 0 Å². The van der Waals surface area contributed by atoms with Crippen molar-refractivity contribution in [1.29, 1.82) is 0 Å². The van der Waals surface area contributed by atoms with Crippen LogP contribution in [0.25, 0.3) is 11.1 Å². The van der Waals surface area contributed by atoms with Crippen LogP contribution in [0.3, 0.4) is 0 Å². The lowest BCUT2D eigenvalue weighted by atomic mass is 10.0. The van der Waals surface area contributed by atoms with Crippen LogP contribution in [0.2, 0.25) is 0 Å². The van der Waals surface area contributed by atoms with E-state index in [0.717, 1.165) is 29.8 Å². The lowest BCUT2D eigenvalue weighted by Gasteiger charge is -2.07. The Morgan fingerprint density at radius 2 is 2.00 bits per heavy atom. The van der Waals surface area contributed by atoms with Crippen molar-refractivity contribution < 1.29 is 0 Å². The molecule has 0 aliphatic heterocycles. The maximum Gasteiger partial charge on any atom is 0.0571 e. The molecule has 0 radical (unpaired) electrons. The molecule has 0 spiro atoms. The highest BCUT2D eigenvalue weighted by molar-refractivity contribution is 5.77. The van der Waals surface area contributed by atoms with Gasteiger partial charge >= 0.3 is 0 Å². The minimum absolute atomic E-state index is 0.815. The van der Waals surface area contributed by atoms with Gasteiger partial charge in [-0.1, -0.05) is 18.6 Å². The summed E-state index contributed by atoms with van der Waals surface area (Å²) < 4.78 is 2.04. The number of benzene rings is 1. The van der Waals surface area contributed by atoms with Gasteiger partial charge in [0.25, 0.3) is 0 Å². The highest BCUT2D eigenvalue weighted by Crippen LogP contribution is 2.29. The van der Waals surface area contributed by atoms with E-state index in [1.807, 2.05) is 23.0 Å². The first-order valence-corrected chi connectivity index (χ1v) is 6.02. The summed E-state index contributed by atoms with van der Waals surface area (Å²) in [6, 6.07) is 6.11. The molecule has 0 amide bonds. The molecule has 0 saturated carbocycles. The van der Waals surface area contributed by atoms with Gasteiger partial charge in [0.15, 0.2) is 0 Å². The number of anilines is 1. The molecule has 2 aromatic rings. The molecule has 3 nitrogen and oxygen atoms in total. The number of aryl methyl sites for hydroxylation is 2. The van der Waals surface area contributed by atoms with E-state index in [1.54, 1.807) is 0 Å². The third kappa shape index (κ3) is 2.18. The van der Waals surface area contributed by atoms with Gasteiger partial charge in [-0.25, -0.2) is 0 Å². The van der Waals surface area contributed by atoms with Crippen LogP contribution in [-0.2, 0) is 6.54 Å². The standard InChI is InChI=1S/C14H19N3/c1-4-7-17-11(3)13(9-16-17)12-8-10(2)5-6-14(12)15/h5-6,8-9H,4,7,15H2,1-3H3. The Hall–Kier alpha value is -1.77. The van der Waals surface area contributed by atoms with Crippen molar-refractivity contribution in [1.82, 2.24) is 9.78 Å². The Bertz CT molecular complexity index is 526. The summed E-state index contributed by atoms with van der Waals surface area (Å²) in [4.78, 5) is 0. The van der Waals surface area contributed by atoms with Gasteiger partial charge in [0.1, 0.15) is 0 Å². The SMILES string of the molecule is CCCn1ncc(-c2cc(C)ccc2N)c1C. The zero-order valence-electron chi connectivity index (χ0n) is 10.7. The summed E-state index contributed by atoms with van der Waals surface area (Å²) in [7, 11) is 0. The van der Waals surface area contributed by atoms with Crippen LogP contribution in [0.5, 0.6) is 0 Å². The van der Waals surface area contributed by atoms with Crippen molar-refractivity contribution in [2.75, 3.05) is 5.73 Å². The van der Waals surface area contributed by atoms with Gasteiger partial charge in [0, 0.05) is 29.1 Å². The summed E-state index contributed by atoms with van der Waals surface area (Å²) in [5.74, 6) is 0. The van der Waals surface area contributed by atoms with E-state index < -0.39 is 0 Å². The van der Waals surface area contributed by atoms with Gasteiger partial charge in [-0.15, -0.1) is 0 Å². The molecule has 0 bridgehead atoms. The number of hydrogen-bond acceptors (Lipinski definition) is 2. The summed E-state index contributed by atoms with van der Waals surface area (Å²) in [6.07, 6.45) is 3.00. The van der Waals surface area contributed by atoms with Crippen LogP contribution in [0.15, 0.2) is 24.4 Å². The number of nitrogens with two attached hydrogens (primary N) is 1. The molecule has 0 aliphatic carbocycles. The zero-order valence-corrected chi connectivity index (χ0v) is 10.7. The first-order chi connectivity index (χ1) is 8.13. The van der Waals surface area contributed by atoms with Crippen molar-refractivity contribution in [3.05, 3.63) is 35.7 Å².